The highest BCUT2D eigenvalue weighted by Crippen LogP contribution is 2.21. The first kappa shape index (κ1) is 58.5. The lowest BCUT2D eigenvalue weighted by Crippen LogP contribution is -2.60. The smallest absolute Gasteiger partial charge is 0.303 e. The molecule has 0 spiro atoms. The van der Waals surface area contributed by atoms with Gasteiger partial charge in [0, 0.05) is 38.8 Å². The van der Waals surface area contributed by atoms with E-state index in [1.807, 2.05) is 13.8 Å². The van der Waals surface area contributed by atoms with Crippen LogP contribution in [0.25, 0.3) is 0 Å². The standard InChI is InChI=1S/C49H69N13O12/c1-27(2)23-34(59-46(72)36(25-29-13-7-4-8-14-29)60-42(68)30-17-19-39(64)55-30)44(70)61-35(24-28-11-5-3-6-12-28)45(71)57-32(15-9-21-54-49(52)53)48(74)62-22-10-16-37(62)47(73)56-31(18-20-40(65)66)43(69)58-33(41(51)67)26-38(50)63/h3-8,11-14,27,30-37H,9-10,15-26H2,1-2H3,(H2,50,63)(H2,51,67)(H,55,64)(H,56,73)(H,57,71)(H,58,69)(H,59,72)(H,60,68)(H,61,70)(H,65,66)(H4,52,53,54)/t30-,31-,32-,33-,34-,35-,36-,37-/m0/s1. The third-order valence-electron chi connectivity index (χ3n) is 12.2. The zero-order valence-corrected chi connectivity index (χ0v) is 41.5. The summed E-state index contributed by atoms with van der Waals surface area (Å²) in [6.45, 7) is 3.71. The molecule has 25 heteroatoms. The number of hydrogen-bond acceptors (Lipinski definition) is 12. The number of carboxylic acids is 1. The first-order valence-corrected chi connectivity index (χ1v) is 24.5. The Morgan fingerprint density at radius 1 is 0.676 bits per heavy atom. The van der Waals surface area contributed by atoms with Crippen molar-refractivity contribution in [1.29, 1.82) is 0 Å². The lowest BCUT2D eigenvalue weighted by molar-refractivity contribution is -0.143. The maximum absolute atomic E-state index is 14.6. The molecule has 402 valence electrons. The minimum Gasteiger partial charge on any atom is -0.481 e. The predicted molar refractivity (Wildman–Crippen MR) is 267 cm³/mol. The highest BCUT2D eigenvalue weighted by atomic mass is 16.4. The second-order valence-electron chi connectivity index (χ2n) is 18.7. The molecule has 10 amide bonds. The number of nitrogens with two attached hydrogens (primary N) is 4. The molecule has 74 heavy (non-hydrogen) atoms. The number of guanidine groups is 1. The number of aliphatic carboxylic acids is 1. The number of nitrogens with one attached hydrogen (secondary N) is 7. The van der Waals surface area contributed by atoms with E-state index in [1.54, 1.807) is 60.7 Å². The van der Waals surface area contributed by atoms with Crippen molar-refractivity contribution in [1.82, 2.24) is 42.1 Å². The molecule has 0 aromatic heterocycles. The van der Waals surface area contributed by atoms with Crippen LogP contribution in [0, 0.1) is 5.92 Å². The molecule has 2 aliphatic rings. The average Bonchev–Trinajstić information content (AvgIpc) is 4.02. The summed E-state index contributed by atoms with van der Waals surface area (Å²) in [4.78, 5) is 151. The average molecular weight is 1030 g/mol. The van der Waals surface area contributed by atoms with E-state index in [2.05, 4.69) is 42.2 Å². The van der Waals surface area contributed by atoms with Crippen LogP contribution in [0.2, 0.25) is 0 Å². The van der Waals surface area contributed by atoms with Crippen molar-refractivity contribution in [2.45, 2.75) is 139 Å². The van der Waals surface area contributed by atoms with Gasteiger partial charge in [-0.2, -0.15) is 0 Å². The maximum Gasteiger partial charge on any atom is 0.303 e. The summed E-state index contributed by atoms with van der Waals surface area (Å²) in [7, 11) is 0. The van der Waals surface area contributed by atoms with E-state index in [9.17, 15) is 57.8 Å². The number of nitrogens with zero attached hydrogens (tertiary/aromatic N) is 2. The van der Waals surface area contributed by atoms with Crippen LogP contribution in [-0.4, -0.2) is 142 Å². The number of aliphatic imine (C=N–C) groups is 1. The Balaban J connectivity index is 1.61. The van der Waals surface area contributed by atoms with Crippen molar-refractivity contribution in [2.75, 3.05) is 13.1 Å². The fraction of sp³-hybridized carbons (Fsp3) is 0.510. The van der Waals surface area contributed by atoms with E-state index in [1.165, 1.54) is 4.90 Å². The van der Waals surface area contributed by atoms with E-state index in [0.717, 1.165) is 0 Å². The number of hydrogen-bond donors (Lipinski definition) is 12. The number of benzene rings is 2. The van der Waals surface area contributed by atoms with Crippen LogP contribution in [0.15, 0.2) is 65.7 Å². The van der Waals surface area contributed by atoms with Gasteiger partial charge in [-0.05, 0) is 62.0 Å². The highest BCUT2D eigenvalue weighted by molar-refractivity contribution is 5.99. The summed E-state index contributed by atoms with van der Waals surface area (Å²) < 4.78 is 0. The van der Waals surface area contributed by atoms with E-state index in [-0.39, 0.29) is 82.2 Å². The van der Waals surface area contributed by atoms with E-state index < -0.39 is 127 Å². The van der Waals surface area contributed by atoms with Gasteiger partial charge < -0.3 is 70.2 Å². The summed E-state index contributed by atoms with van der Waals surface area (Å²) in [5, 5.41) is 27.7. The number of carbonyl (C=O) groups is 11. The lowest BCUT2D eigenvalue weighted by atomic mass is 9.99. The normalized spacial score (nSPS) is 17.4. The summed E-state index contributed by atoms with van der Waals surface area (Å²) >= 11 is 0. The van der Waals surface area contributed by atoms with Gasteiger partial charge in [0.25, 0.3) is 0 Å². The summed E-state index contributed by atoms with van der Waals surface area (Å²) in [6.07, 6.45) is -0.812. The number of likely N-dealkylation sites (tertiary alicyclic amines) is 1. The van der Waals surface area contributed by atoms with E-state index in [4.69, 9.17) is 22.9 Å². The molecule has 2 aromatic rings. The lowest BCUT2D eigenvalue weighted by Gasteiger charge is -2.31. The van der Waals surface area contributed by atoms with Crippen molar-refractivity contribution in [3.63, 3.8) is 0 Å². The van der Waals surface area contributed by atoms with Crippen LogP contribution in [0.3, 0.4) is 0 Å². The van der Waals surface area contributed by atoms with Crippen LogP contribution in [-0.2, 0) is 65.6 Å². The maximum atomic E-state index is 14.6. The first-order chi connectivity index (χ1) is 35.1. The van der Waals surface area contributed by atoms with Crippen molar-refractivity contribution in [3.8, 4) is 0 Å². The molecule has 16 N–H and O–H groups in total. The second-order valence-corrected chi connectivity index (χ2v) is 18.7. The molecule has 2 aliphatic heterocycles. The second kappa shape index (κ2) is 28.8. The Morgan fingerprint density at radius 2 is 1.20 bits per heavy atom. The van der Waals surface area contributed by atoms with Crippen molar-refractivity contribution in [2.24, 2.45) is 33.8 Å². The fourth-order valence-corrected chi connectivity index (χ4v) is 8.49. The predicted octanol–water partition coefficient (Wildman–Crippen LogP) is -3.02. The third-order valence-corrected chi connectivity index (χ3v) is 12.2. The minimum absolute atomic E-state index is 0.0211. The highest BCUT2D eigenvalue weighted by Gasteiger charge is 2.40. The van der Waals surface area contributed by atoms with Crippen LogP contribution in [0.4, 0.5) is 0 Å². The number of amides is 10. The van der Waals surface area contributed by atoms with Crippen LogP contribution < -0.4 is 60.2 Å². The van der Waals surface area contributed by atoms with Gasteiger partial charge in [-0.3, -0.25) is 57.7 Å². The summed E-state index contributed by atoms with van der Waals surface area (Å²) in [5.41, 5.74) is 22.9. The van der Waals surface area contributed by atoms with Crippen LogP contribution in [0.1, 0.15) is 89.2 Å². The van der Waals surface area contributed by atoms with Gasteiger partial charge in [0.05, 0.1) is 6.42 Å². The minimum atomic E-state index is -1.57. The summed E-state index contributed by atoms with van der Waals surface area (Å²) in [6, 6.07) is 7.20. The third kappa shape index (κ3) is 19.1. The number of carbonyl (C=O) groups excluding carboxylic acids is 10. The Bertz CT molecular complexity index is 2370. The molecule has 2 fully saturated rings. The molecule has 0 bridgehead atoms. The van der Waals surface area contributed by atoms with Crippen LogP contribution >= 0.6 is 0 Å². The monoisotopic (exact) mass is 1030 g/mol. The molecular weight excluding hydrogens is 963 g/mol. The molecule has 2 heterocycles. The van der Waals surface area contributed by atoms with Crippen LogP contribution in [0.5, 0.6) is 0 Å². The van der Waals surface area contributed by atoms with Crippen molar-refractivity contribution < 1.29 is 57.8 Å². The molecule has 8 atom stereocenters. The molecule has 0 saturated carbocycles. The zero-order chi connectivity index (χ0) is 54.5. The van der Waals surface area contributed by atoms with Gasteiger partial charge in [-0.15, -0.1) is 0 Å². The zero-order valence-electron chi connectivity index (χ0n) is 41.5. The Kier molecular flexibility index (Phi) is 22.7. The molecule has 0 aliphatic carbocycles. The molecule has 4 rings (SSSR count). The van der Waals surface area contributed by atoms with Crippen molar-refractivity contribution in [3.05, 3.63) is 71.8 Å². The van der Waals surface area contributed by atoms with Gasteiger partial charge in [-0.25, -0.2) is 0 Å². The molecule has 0 radical (unpaired) electrons. The topological polar surface area (TPSA) is 412 Å². The summed E-state index contributed by atoms with van der Waals surface area (Å²) in [5.74, 6) is -9.54. The Hall–Kier alpha value is -8.12. The van der Waals surface area contributed by atoms with Gasteiger partial charge in [0.1, 0.15) is 48.3 Å². The Morgan fingerprint density at radius 3 is 1.73 bits per heavy atom. The molecule has 2 aromatic carbocycles. The van der Waals surface area contributed by atoms with Gasteiger partial charge in [0.15, 0.2) is 5.96 Å². The van der Waals surface area contributed by atoms with Crippen molar-refractivity contribution >= 4 is 71.0 Å². The van der Waals surface area contributed by atoms with Gasteiger partial charge in [0.2, 0.25) is 59.1 Å². The number of rotatable bonds is 29. The van der Waals surface area contributed by atoms with E-state index in [0.29, 0.717) is 17.5 Å². The first-order valence-electron chi connectivity index (χ1n) is 24.5. The Labute approximate surface area is 427 Å². The molecule has 0 unspecified atom stereocenters. The SMILES string of the molecule is CC(C)C[C@H](NC(=O)[C@H](Cc1ccccc1)NC(=O)[C@@H]1CCC(=O)N1)C(=O)N[C@@H](Cc1ccccc1)C(=O)N[C@@H](CCCN=C(N)N)C(=O)N1CCC[C@H]1C(=O)N[C@@H](CCC(=O)O)C(=O)N[C@@H](CC(N)=O)C(N)=O. The molecular formula is C49H69N13O12. The number of carboxylic acid groups (broad SMARTS) is 1. The quantitative estimate of drug-likeness (QED) is 0.0219. The van der Waals surface area contributed by atoms with E-state index >= 15 is 0 Å². The molecule has 2 saturated heterocycles. The fourth-order valence-electron chi connectivity index (χ4n) is 8.49. The largest absolute Gasteiger partial charge is 0.481 e. The van der Waals surface area contributed by atoms with Gasteiger partial charge in [-0.1, -0.05) is 74.5 Å². The number of primary amides is 2. The van der Waals surface area contributed by atoms with Gasteiger partial charge >= 0.3 is 5.97 Å². The molecule has 25 nitrogen and oxygen atoms in total.